The summed E-state index contributed by atoms with van der Waals surface area (Å²) in [7, 11) is 1.65. The second-order valence-electron chi connectivity index (χ2n) is 5.17. The Morgan fingerprint density at radius 2 is 2.21 bits per heavy atom. The van der Waals surface area contributed by atoms with Gasteiger partial charge in [0.05, 0.1) is 13.2 Å². The fraction of sp³-hybridized carbons (Fsp3) is 0.929. The fourth-order valence-electron chi connectivity index (χ4n) is 2.48. The van der Waals surface area contributed by atoms with E-state index in [2.05, 4.69) is 22.5 Å². The summed E-state index contributed by atoms with van der Waals surface area (Å²) in [5, 5.41) is 6.36. The standard InChI is InChI=1S/C14H29N3O2/c1-3-7-15-11-13-6-4-5-9-17(13)12-14(18)16-8-10-19-2/h13,15H,3-12H2,1-2H3,(H,16,18). The van der Waals surface area contributed by atoms with E-state index in [9.17, 15) is 4.79 Å². The molecule has 19 heavy (non-hydrogen) atoms. The molecule has 0 saturated carbocycles. The minimum Gasteiger partial charge on any atom is -0.383 e. The Hall–Kier alpha value is -0.650. The molecule has 1 fully saturated rings. The minimum absolute atomic E-state index is 0.111. The molecule has 1 atom stereocenters. The van der Waals surface area contributed by atoms with Gasteiger partial charge >= 0.3 is 0 Å². The van der Waals surface area contributed by atoms with Crippen LogP contribution in [0.4, 0.5) is 0 Å². The SMILES string of the molecule is CCCNCC1CCCCN1CC(=O)NCCOC. The number of rotatable bonds is 9. The molecule has 1 rings (SSSR count). The van der Waals surface area contributed by atoms with Crippen molar-refractivity contribution >= 4 is 5.91 Å². The van der Waals surface area contributed by atoms with Crippen LogP contribution < -0.4 is 10.6 Å². The summed E-state index contributed by atoms with van der Waals surface area (Å²) in [4.78, 5) is 14.1. The van der Waals surface area contributed by atoms with E-state index in [1.165, 1.54) is 19.3 Å². The summed E-state index contributed by atoms with van der Waals surface area (Å²) >= 11 is 0. The zero-order valence-corrected chi connectivity index (χ0v) is 12.4. The summed E-state index contributed by atoms with van der Waals surface area (Å²) in [5.41, 5.74) is 0. The molecule has 1 heterocycles. The van der Waals surface area contributed by atoms with E-state index < -0.39 is 0 Å². The quantitative estimate of drug-likeness (QED) is 0.603. The first kappa shape index (κ1) is 16.4. The molecule has 5 nitrogen and oxygen atoms in total. The molecular formula is C14H29N3O2. The van der Waals surface area contributed by atoms with Gasteiger partial charge in [0.1, 0.15) is 0 Å². The highest BCUT2D eigenvalue weighted by Crippen LogP contribution is 2.15. The van der Waals surface area contributed by atoms with Gasteiger partial charge in [0, 0.05) is 26.2 Å². The average Bonchev–Trinajstić information content (AvgIpc) is 2.41. The van der Waals surface area contributed by atoms with Crippen molar-refractivity contribution < 1.29 is 9.53 Å². The molecule has 1 unspecified atom stereocenters. The Morgan fingerprint density at radius 1 is 1.37 bits per heavy atom. The fourth-order valence-corrected chi connectivity index (χ4v) is 2.48. The molecule has 0 aromatic rings. The lowest BCUT2D eigenvalue weighted by molar-refractivity contribution is -0.123. The molecule has 1 aliphatic rings. The number of amides is 1. The first-order valence-electron chi connectivity index (χ1n) is 7.48. The van der Waals surface area contributed by atoms with Crippen molar-refractivity contribution in [1.82, 2.24) is 15.5 Å². The maximum Gasteiger partial charge on any atom is 0.234 e. The Balaban J connectivity index is 2.28. The van der Waals surface area contributed by atoms with Crippen LogP contribution in [0.15, 0.2) is 0 Å². The Labute approximate surface area is 117 Å². The van der Waals surface area contributed by atoms with Gasteiger partial charge in [-0.15, -0.1) is 0 Å². The van der Waals surface area contributed by atoms with Crippen molar-refractivity contribution in [2.24, 2.45) is 0 Å². The monoisotopic (exact) mass is 271 g/mol. The maximum atomic E-state index is 11.8. The predicted molar refractivity (Wildman–Crippen MR) is 77.3 cm³/mol. The summed E-state index contributed by atoms with van der Waals surface area (Å²) in [6.07, 6.45) is 4.84. The molecule has 0 bridgehead atoms. The molecule has 112 valence electrons. The summed E-state index contributed by atoms with van der Waals surface area (Å²) in [5.74, 6) is 0.111. The van der Waals surface area contributed by atoms with E-state index in [4.69, 9.17) is 4.74 Å². The van der Waals surface area contributed by atoms with Gasteiger partial charge in [-0.25, -0.2) is 0 Å². The first-order valence-corrected chi connectivity index (χ1v) is 7.48. The highest BCUT2D eigenvalue weighted by molar-refractivity contribution is 5.78. The van der Waals surface area contributed by atoms with E-state index in [1.807, 2.05) is 0 Å². The van der Waals surface area contributed by atoms with E-state index >= 15 is 0 Å². The zero-order chi connectivity index (χ0) is 13.9. The van der Waals surface area contributed by atoms with Crippen LogP contribution in [-0.4, -0.2) is 63.3 Å². The van der Waals surface area contributed by atoms with Crippen LogP contribution in [0.2, 0.25) is 0 Å². The summed E-state index contributed by atoms with van der Waals surface area (Å²) in [6.45, 7) is 6.96. The highest BCUT2D eigenvalue weighted by atomic mass is 16.5. The van der Waals surface area contributed by atoms with E-state index in [0.29, 0.717) is 25.7 Å². The lowest BCUT2D eigenvalue weighted by Crippen LogP contribution is -2.49. The third-order valence-electron chi connectivity index (χ3n) is 3.53. The minimum atomic E-state index is 0.111. The average molecular weight is 271 g/mol. The number of ether oxygens (including phenoxy) is 1. The van der Waals surface area contributed by atoms with Crippen LogP contribution in [-0.2, 0) is 9.53 Å². The van der Waals surface area contributed by atoms with Gasteiger partial charge in [-0.2, -0.15) is 0 Å². The number of carbonyl (C=O) groups excluding carboxylic acids is 1. The van der Waals surface area contributed by atoms with Crippen molar-refractivity contribution in [3.8, 4) is 0 Å². The van der Waals surface area contributed by atoms with E-state index in [-0.39, 0.29) is 5.91 Å². The van der Waals surface area contributed by atoms with Gasteiger partial charge in [-0.05, 0) is 32.4 Å². The summed E-state index contributed by atoms with van der Waals surface area (Å²) < 4.78 is 4.93. The van der Waals surface area contributed by atoms with Gasteiger partial charge < -0.3 is 15.4 Å². The van der Waals surface area contributed by atoms with Crippen molar-refractivity contribution in [2.45, 2.75) is 38.6 Å². The number of hydrogen-bond donors (Lipinski definition) is 2. The van der Waals surface area contributed by atoms with Crippen molar-refractivity contribution in [3.05, 3.63) is 0 Å². The number of likely N-dealkylation sites (tertiary alicyclic amines) is 1. The van der Waals surface area contributed by atoms with Crippen molar-refractivity contribution in [1.29, 1.82) is 0 Å². The molecule has 0 aliphatic carbocycles. The third kappa shape index (κ3) is 6.89. The molecule has 5 heteroatoms. The topological polar surface area (TPSA) is 53.6 Å². The molecular weight excluding hydrogens is 242 g/mol. The van der Waals surface area contributed by atoms with Crippen molar-refractivity contribution in [3.63, 3.8) is 0 Å². The van der Waals surface area contributed by atoms with Crippen LogP contribution in [0.1, 0.15) is 32.6 Å². The van der Waals surface area contributed by atoms with Crippen LogP contribution in [0.3, 0.4) is 0 Å². The lowest BCUT2D eigenvalue weighted by Gasteiger charge is -2.35. The Morgan fingerprint density at radius 3 is 2.95 bits per heavy atom. The molecule has 1 amide bonds. The number of nitrogens with one attached hydrogen (secondary N) is 2. The molecule has 0 aromatic heterocycles. The summed E-state index contributed by atoms with van der Waals surface area (Å²) in [6, 6.07) is 0.508. The largest absolute Gasteiger partial charge is 0.383 e. The first-order chi connectivity index (χ1) is 9.27. The molecule has 0 spiro atoms. The number of piperidine rings is 1. The van der Waals surface area contributed by atoms with E-state index in [0.717, 1.165) is 26.1 Å². The molecule has 1 aliphatic heterocycles. The second-order valence-corrected chi connectivity index (χ2v) is 5.17. The van der Waals surface area contributed by atoms with Crippen LogP contribution in [0.5, 0.6) is 0 Å². The predicted octanol–water partition coefficient (Wildman–Crippen LogP) is 0.603. The van der Waals surface area contributed by atoms with Crippen LogP contribution in [0, 0.1) is 0 Å². The van der Waals surface area contributed by atoms with Crippen LogP contribution in [0.25, 0.3) is 0 Å². The zero-order valence-electron chi connectivity index (χ0n) is 12.4. The number of hydrogen-bond acceptors (Lipinski definition) is 4. The van der Waals surface area contributed by atoms with Gasteiger partial charge in [0.25, 0.3) is 0 Å². The number of nitrogens with zero attached hydrogens (tertiary/aromatic N) is 1. The highest BCUT2D eigenvalue weighted by Gasteiger charge is 2.23. The van der Waals surface area contributed by atoms with Crippen molar-refractivity contribution in [2.75, 3.05) is 46.4 Å². The van der Waals surface area contributed by atoms with E-state index in [1.54, 1.807) is 7.11 Å². The van der Waals surface area contributed by atoms with Crippen LogP contribution >= 0.6 is 0 Å². The number of methoxy groups -OCH3 is 1. The molecule has 0 radical (unpaired) electrons. The normalized spacial score (nSPS) is 20.4. The molecule has 2 N–H and O–H groups in total. The second kappa shape index (κ2) is 10.2. The lowest BCUT2D eigenvalue weighted by atomic mass is 10.0. The van der Waals surface area contributed by atoms with Gasteiger partial charge in [-0.3, -0.25) is 9.69 Å². The van der Waals surface area contributed by atoms with Gasteiger partial charge in [-0.1, -0.05) is 13.3 Å². The Kier molecular flexibility index (Phi) is 8.79. The van der Waals surface area contributed by atoms with Gasteiger partial charge in [0.2, 0.25) is 5.91 Å². The third-order valence-corrected chi connectivity index (χ3v) is 3.53. The number of carbonyl (C=O) groups is 1. The smallest absolute Gasteiger partial charge is 0.234 e. The maximum absolute atomic E-state index is 11.8. The van der Waals surface area contributed by atoms with Gasteiger partial charge in [0.15, 0.2) is 0 Å². The Bertz CT molecular complexity index is 249. The molecule has 0 aromatic carbocycles. The molecule has 1 saturated heterocycles.